The van der Waals surface area contributed by atoms with Gasteiger partial charge in [0.1, 0.15) is 11.9 Å². The molecule has 2 rings (SSSR count). The lowest BCUT2D eigenvalue weighted by atomic mass is 10.0. The zero-order chi connectivity index (χ0) is 15.2. The van der Waals surface area contributed by atoms with E-state index in [2.05, 4.69) is 5.32 Å². The van der Waals surface area contributed by atoms with Crippen LogP contribution in [-0.4, -0.2) is 25.0 Å². The monoisotopic (exact) mass is 291 g/mol. The molecule has 1 aliphatic carbocycles. The molecule has 0 aromatic heterocycles. The summed E-state index contributed by atoms with van der Waals surface area (Å²) in [4.78, 5) is 23.9. The zero-order valence-corrected chi connectivity index (χ0v) is 11.8. The van der Waals surface area contributed by atoms with Gasteiger partial charge in [-0.15, -0.1) is 0 Å². The Morgan fingerprint density at radius 3 is 2.48 bits per heavy atom. The molecule has 1 atom stereocenters. The number of rotatable bonds is 5. The van der Waals surface area contributed by atoms with E-state index in [4.69, 9.17) is 4.74 Å². The first-order valence-corrected chi connectivity index (χ1v) is 6.88. The van der Waals surface area contributed by atoms with Crippen molar-refractivity contribution in [2.75, 3.05) is 7.11 Å². The molecule has 0 radical (unpaired) electrons. The van der Waals surface area contributed by atoms with Gasteiger partial charge in [0.25, 0.3) is 0 Å². The van der Waals surface area contributed by atoms with Crippen molar-refractivity contribution in [1.29, 1.82) is 0 Å². The van der Waals surface area contributed by atoms with Gasteiger partial charge in [-0.3, -0.25) is 4.79 Å². The molecule has 0 heterocycles. The summed E-state index contributed by atoms with van der Waals surface area (Å²) in [5.74, 6) is -1.11. The number of hydrogen-bond acceptors (Lipinski definition) is 3. The highest BCUT2D eigenvalue weighted by Crippen LogP contribution is 2.18. The third-order valence-electron chi connectivity index (χ3n) is 3.53. The summed E-state index contributed by atoms with van der Waals surface area (Å²) in [5, 5.41) is 2.73. The van der Waals surface area contributed by atoms with Gasteiger partial charge in [-0.1, -0.05) is 24.3 Å². The third-order valence-corrected chi connectivity index (χ3v) is 3.53. The number of nitrogens with one attached hydrogen (secondary N) is 1. The molecule has 112 valence electrons. The van der Waals surface area contributed by atoms with Crippen molar-refractivity contribution in [1.82, 2.24) is 5.32 Å². The first-order chi connectivity index (χ1) is 10.1. The SMILES string of the molecule is COC(=O)[C@H](Cc1ccc(F)cc1)NC(=O)C1CC=CC1. The summed E-state index contributed by atoms with van der Waals surface area (Å²) in [7, 11) is 1.28. The van der Waals surface area contributed by atoms with Crippen LogP contribution in [0.2, 0.25) is 0 Å². The second-order valence-corrected chi connectivity index (χ2v) is 5.05. The first-order valence-electron chi connectivity index (χ1n) is 6.88. The fourth-order valence-corrected chi connectivity index (χ4v) is 2.31. The van der Waals surface area contributed by atoms with Gasteiger partial charge in [-0.05, 0) is 30.5 Å². The number of halogens is 1. The number of allylic oxidation sites excluding steroid dienone is 2. The van der Waals surface area contributed by atoms with E-state index in [1.165, 1.54) is 19.2 Å². The maximum atomic E-state index is 12.9. The number of hydrogen-bond donors (Lipinski definition) is 1. The van der Waals surface area contributed by atoms with E-state index in [1.54, 1.807) is 12.1 Å². The highest BCUT2D eigenvalue weighted by Gasteiger charge is 2.26. The number of carbonyl (C=O) groups is 2. The minimum absolute atomic E-state index is 0.120. The number of ether oxygens (including phenoxy) is 1. The number of benzene rings is 1. The van der Waals surface area contributed by atoms with Crippen molar-refractivity contribution < 1.29 is 18.7 Å². The minimum atomic E-state index is -0.756. The fourth-order valence-electron chi connectivity index (χ4n) is 2.31. The lowest BCUT2D eigenvalue weighted by molar-refractivity contribution is -0.145. The van der Waals surface area contributed by atoms with Gasteiger partial charge in [0, 0.05) is 12.3 Å². The third kappa shape index (κ3) is 4.15. The van der Waals surface area contributed by atoms with E-state index >= 15 is 0 Å². The molecule has 1 aromatic rings. The zero-order valence-electron chi connectivity index (χ0n) is 11.8. The molecule has 0 unspecified atom stereocenters. The molecular formula is C16H18FNO3. The smallest absolute Gasteiger partial charge is 0.328 e. The van der Waals surface area contributed by atoms with Crippen molar-refractivity contribution in [3.63, 3.8) is 0 Å². The molecule has 0 saturated heterocycles. The van der Waals surface area contributed by atoms with Gasteiger partial charge in [0.05, 0.1) is 7.11 Å². The first kappa shape index (κ1) is 15.2. The molecule has 0 fully saturated rings. The Labute approximate surface area is 123 Å². The molecule has 21 heavy (non-hydrogen) atoms. The van der Waals surface area contributed by atoms with Crippen LogP contribution in [0.1, 0.15) is 18.4 Å². The van der Waals surface area contributed by atoms with Crippen LogP contribution in [0.25, 0.3) is 0 Å². The van der Waals surface area contributed by atoms with Crippen LogP contribution in [0, 0.1) is 11.7 Å². The molecule has 4 nitrogen and oxygen atoms in total. The van der Waals surface area contributed by atoms with Gasteiger partial charge in [0.2, 0.25) is 5.91 Å². The number of methoxy groups -OCH3 is 1. The van der Waals surface area contributed by atoms with Crippen LogP contribution in [0.4, 0.5) is 4.39 Å². The standard InChI is InChI=1S/C16H18FNO3/c1-21-16(20)14(10-11-6-8-13(17)9-7-11)18-15(19)12-4-2-3-5-12/h2-3,6-9,12,14H,4-5,10H2,1H3,(H,18,19)/t14-/m0/s1. The van der Waals surface area contributed by atoms with Gasteiger partial charge < -0.3 is 10.1 Å². The molecule has 1 amide bonds. The Bertz CT molecular complexity index is 531. The second-order valence-electron chi connectivity index (χ2n) is 5.05. The predicted molar refractivity (Wildman–Crippen MR) is 75.9 cm³/mol. The molecule has 1 aromatic carbocycles. The van der Waals surface area contributed by atoms with E-state index < -0.39 is 12.0 Å². The van der Waals surface area contributed by atoms with Crippen LogP contribution < -0.4 is 5.32 Å². The van der Waals surface area contributed by atoms with Gasteiger partial charge in [-0.2, -0.15) is 0 Å². The Morgan fingerprint density at radius 2 is 1.90 bits per heavy atom. The molecule has 1 aliphatic rings. The molecule has 1 N–H and O–H groups in total. The average Bonchev–Trinajstić information content (AvgIpc) is 3.02. The van der Waals surface area contributed by atoms with E-state index in [-0.39, 0.29) is 24.1 Å². The number of esters is 1. The van der Waals surface area contributed by atoms with Crippen LogP contribution >= 0.6 is 0 Å². The van der Waals surface area contributed by atoms with Crippen LogP contribution in [-0.2, 0) is 20.7 Å². The van der Waals surface area contributed by atoms with Crippen molar-refractivity contribution in [2.24, 2.45) is 5.92 Å². The second kappa shape index (κ2) is 7.02. The number of carbonyl (C=O) groups excluding carboxylic acids is 2. The van der Waals surface area contributed by atoms with E-state index in [9.17, 15) is 14.0 Å². The normalized spacial score (nSPS) is 15.7. The Balaban J connectivity index is 2.02. The minimum Gasteiger partial charge on any atom is -0.467 e. The summed E-state index contributed by atoms with van der Waals surface area (Å²) < 4.78 is 17.6. The molecule has 5 heteroatoms. The highest BCUT2D eigenvalue weighted by atomic mass is 19.1. The van der Waals surface area contributed by atoms with E-state index in [0.29, 0.717) is 12.8 Å². The Kier molecular flexibility index (Phi) is 5.09. The van der Waals surface area contributed by atoms with Gasteiger partial charge in [-0.25, -0.2) is 9.18 Å². The van der Waals surface area contributed by atoms with Crippen LogP contribution in [0.15, 0.2) is 36.4 Å². The van der Waals surface area contributed by atoms with Crippen molar-refractivity contribution in [3.05, 3.63) is 47.8 Å². The summed E-state index contributed by atoms with van der Waals surface area (Å²) in [6, 6.07) is 5.08. The predicted octanol–water partition coefficient (Wildman–Crippen LogP) is 1.99. The van der Waals surface area contributed by atoms with E-state index in [1.807, 2.05) is 12.2 Å². The summed E-state index contributed by atoms with van der Waals surface area (Å²) in [6.45, 7) is 0. The Morgan fingerprint density at radius 1 is 1.29 bits per heavy atom. The van der Waals surface area contributed by atoms with Gasteiger partial charge >= 0.3 is 5.97 Å². The largest absolute Gasteiger partial charge is 0.467 e. The molecule has 0 aliphatic heterocycles. The summed E-state index contributed by atoms with van der Waals surface area (Å²) >= 11 is 0. The maximum Gasteiger partial charge on any atom is 0.328 e. The topological polar surface area (TPSA) is 55.4 Å². The lowest BCUT2D eigenvalue weighted by Gasteiger charge is -2.19. The highest BCUT2D eigenvalue weighted by molar-refractivity contribution is 5.86. The van der Waals surface area contributed by atoms with Crippen LogP contribution in [0.3, 0.4) is 0 Å². The molecule has 0 bridgehead atoms. The quantitative estimate of drug-likeness (QED) is 0.667. The summed E-state index contributed by atoms with van der Waals surface area (Å²) in [5.41, 5.74) is 0.761. The molecular weight excluding hydrogens is 273 g/mol. The fraction of sp³-hybridized carbons (Fsp3) is 0.375. The maximum absolute atomic E-state index is 12.9. The van der Waals surface area contributed by atoms with E-state index in [0.717, 1.165) is 5.56 Å². The average molecular weight is 291 g/mol. The van der Waals surface area contributed by atoms with Crippen molar-refractivity contribution in [3.8, 4) is 0 Å². The van der Waals surface area contributed by atoms with Crippen molar-refractivity contribution in [2.45, 2.75) is 25.3 Å². The van der Waals surface area contributed by atoms with Gasteiger partial charge in [0.15, 0.2) is 0 Å². The molecule has 0 saturated carbocycles. The van der Waals surface area contributed by atoms with Crippen LogP contribution in [0.5, 0.6) is 0 Å². The van der Waals surface area contributed by atoms with Crippen molar-refractivity contribution >= 4 is 11.9 Å². The molecule has 0 spiro atoms. The number of amides is 1. The lowest BCUT2D eigenvalue weighted by Crippen LogP contribution is -2.45. The summed E-state index contributed by atoms with van der Waals surface area (Å²) in [6.07, 6.45) is 5.57. The Hall–Kier alpha value is -2.17.